The predicted molar refractivity (Wildman–Crippen MR) is 38.0 cm³/mol. The molecule has 0 spiro atoms. The van der Waals surface area contributed by atoms with Crippen LogP contribution in [0.1, 0.15) is 0 Å². The van der Waals surface area contributed by atoms with Gasteiger partial charge in [0.05, 0.1) is 0 Å². The van der Waals surface area contributed by atoms with Gasteiger partial charge in [0.15, 0.2) is 6.29 Å². The molecule has 0 amide bonds. The number of rotatable bonds is 1. The summed E-state index contributed by atoms with van der Waals surface area (Å²) >= 11 is 0. The van der Waals surface area contributed by atoms with Crippen molar-refractivity contribution in [2.45, 2.75) is 30.7 Å². The summed E-state index contributed by atoms with van der Waals surface area (Å²) in [5.41, 5.74) is 5.17. The van der Waals surface area contributed by atoms with E-state index in [-0.39, 0.29) is 6.54 Å². The number of ether oxygens (including phenoxy) is 1. The molecule has 0 aromatic heterocycles. The van der Waals surface area contributed by atoms with Crippen molar-refractivity contribution >= 4 is 0 Å². The second-order valence-electron chi connectivity index (χ2n) is 2.77. The van der Waals surface area contributed by atoms with Gasteiger partial charge >= 0.3 is 0 Å². The average molecular weight is 179 g/mol. The standard InChI is InChI=1S/C6H13NO5/c7-1-2-3(8)4(9)5(10)6(11)12-2/h2-6,8-11H,1,7H2/t2?,3-,4-,5?,6?/m1/s1. The lowest BCUT2D eigenvalue weighted by atomic mass is 9.99. The van der Waals surface area contributed by atoms with E-state index in [2.05, 4.69) is 0 Å². The van der Waals surface area contributed by atoms with Gasteiger partial charge in [0.25, 0.3) is 0 Å². The Bertz CT molecular complexity index is 150. The summed E-state index contributed by atoms with van der Waals surface area (Å²) in [5.74, 6) is 0. The number of aliphatic hydroxyl groups excluding tert-OH is 4. The van der Waals surface area contributed by atoms with E-state index in [0.717, 1.165) is 0 Å². The summed E-state index contributed by atoms with van der Waals surface area (Å²) in [6.07, 6.45) is -6.48. The Morgan fingerprint density at radius 2 is 1.58 bits per heavy atom. The first kappa shape index (κ1) is 9.85. The summed E-state index contributed by atoms with van der Waals surface area (Å²) in [5, 5.41) is 36.3. The van der Waals surface area contributed by atoms with Crippen LogP contribution in [0, 0.1) is 0 Å². The average Bonchev–Trinajstić information content (AvgIpc) is 2.08. The maximum Gasteiger partial charge on any atom is 0.184 e. The van der Waals surface area contributed by atoms with Crippen molar-refractivity contribution in [3.05, 3.63) is 0 Å². The highest BCUT2D eigenvalue weighted by Gasteiger charge is 2.42. The first-order chi connectivity index (χ1) is 5.57. The van der Waals surface area contributed by atoms with Crippen LogP contribution < -0.4 is 5.73 Å². The minimum Gasteiger partial charge on any atom is -0.388 e. The molecule has 0 bridgehead atoms. The maximum atomic E-state index is 9.20. The Kier molecular flexibility index (Phi) is 2.99. The van der Waals surface area contributed by atoms with Crippen LogP contribution in [0.4, 0.5) is 0 Å². The molecule has 1 aliphatic heterocycles. The number of hydrogen-bond acceptors (Lipinski definition) is 6. The van der Waals surface area contributed by atoms with Gasteiger partial charge in [-0.05, 0) is 0 Å². The Morgan fingerprint density at radius 1 is 1.00 bits per heavy atom. The normalized spacial score (nSPS) is 49.2. The molecular weight excluding hydrogens is 166 g/mol. The van der Waals surface area contributed by atoms with Gasteiger partial charge in [-0.15, -0.1) is 0 Å². The molecule has 6 nitrogen and oxygen atoms in total. The molecular formula is C6H13NO5. The fourth-order valence-corrected chi connectivity index (χ4v) is 1.13. The minimum atomic E-state index is -1.49. The highest BCUT2D eigenvalue weighted by molar-refractivity contribution is 4.88. The number of hydrogen-bond donors (Lipinski definition) is 5. The van der Waals surface area contributed by atoms with Crippen LogP contribution in [0.15, 0.2) is 0 Å². The van der Waals surface area contributed by atoms with Gasteiger partial charge in [-0.2, -0.15) is 0 Å². The van der Waals surface area contributed by atoms with Crippen LogP contribution in [0.2, 0.25) is 0 Å². The molecule has 72 valence electrons. The lowest BCUT2D eigenvalue weighted by molar-refractivity contribution is -0.279. The first-order valence-corrected chi connectivity index (χ1v) is 3.65. The van der Waals surface area contributed by atoms with E-state index in [1.165, 1.54) is 0 Å². The number of nitrogens with two attached hydrogens (primary N) is 1. The highest BCUT2D eigenvalue weighted by atomic mass is 16.6. The number of aliphatic hydroxyl groups is 4. The Morgan fingerprint density at radius 3 is 2.08 bits per heavy atom. The van der Waals surface area contributed by atoms with Crippen molar-refractivity contribution < 1.29 is 25.2 Å². The molecule has 1 fully saturated rings. The van der Waals surface area contributed by atoms with Gasteiger partial charge < -0.3 is 30.9 Å². The third kappa shape index (κ3) is 1.58. The van der Waals surface area contributed by atoms with E-state index >= 15 is 0 Å². The van der Waals surface area contributed by atoms with Gasteiger partial charge in [-0.3, -0.25) is 0 Å². The lowest BCUT2D eigenvalue weighted by Gasteiger charge is -2.37. The first-order valence-electron chi connectivity index (χ1n) is 3.65. The molecule has 1 saturated heterocycles. The fraction of sp³-hybridized carbons (Fsp3) is 1.00. The summed E-state index contributed by atoms with van der Waals surface area (Å²) < 4.78 is 4.70. The topological polar surface area (TPSA) is 116 Å². The molecule has 0 radical (unpaired) electrons. The molecule has 1 aliphatic rings. The lowest BCUT2D eigenvalue weighted by Crippen LogP contribution is -2.59. The van der Waals surface area contributed by atoms with Crippen LogP contribution in [0.3, 0.4) is 0 Å². The predicted octanol–water partition coefficient (Wildman–Crippen LogP) is -3.25. The van der Waals surface area contributed by atoms with Crippen LogP contribution in [-0.4, -0.2) is 57.7 Å². The Hall–Kier alpha value is -0.240. The highest BCUT2D eigenvalue weighted by Crippen LogP contribution is 2.18. The molecule has 3 unspecified atom stereocenters. The fourth-order valence-electron chi connectivity index (χ4n) is 1.13. The molecule has 1 rings (SSSR count). The van der Waals surface area contributed by atoms with E-state index in [1.54, 1.807) is 0 Å². The van der Waals surface area contributed by atoms with Gasteiger partial charge in [-0.1, -0.05) is 0 Å². The molecule has 5 atom stereocenters. The quantitative estimate of drug-likeness (QED) is 0.288. The second kappa shape index (κ2) is 3.65. The Labute approximate surface area is 69.2 Å². The van der Waals surface area contributed by atoms with Crippen LogP contribution in [-0.2, 0) is 4.74 Å². The second-order valence-corrected chi connectivity index (χ2v) is 2.77. The maximum absolute atomic E-state index is 9.20. The summed E-state index contributed by atoms with van der Waals surface area (Å²) in [4.78, 5) is 0. The van der Waals surface area contributed by atoms with Crippen molar-refractivity contribution in [1.29, 1.82) is 0 Å². The van der Waals surface area contributed by atoms with Gasteiger partial charge in [0, 0.05) is 6.54 Å². The minimum absolute atomic E-state index is 0.0258. The summed E-state index contributed by atoms with van der Waals surface area (Å²) in [6, 6.07) is 0. The third-order valence-corrected chi connectivity index (χ3v) is 1.92. The molecule has 0 aromatic carbocycles. The summed E-state index contributed by atoms with van der Waals surface area (Å²) in [6.45, 7) is -0.0258. The molecule has 0 aromatic rings. The molecule has 6 N–H and O–H groups in total. The monoisotopic (exact) mass is 179 g/mol. The zero-order valence-electron chi connectivity index (χ0n) is 6.37. The van der Waals surface area contributed by atoms with E-state index in [4.69, 9.17) is 25.8 Å². The van der Waals surface area contributed by atoms with Crippen molar-refractivity contribution in [2.24, 2.45) is 5.73 Å². The van der Waals surface area contributed by atoms with Gasteiger partial charge in [-0.25, -0.2) is 0 Å². The van der Waals surface area contributed by atoms with Crippen LogP contribution >= 0.6 is 0 Å². The van der Waals surface area contributed by atoms with Crippen molar-refractivity contribution in [3.63, 3.8) is 0 Å². The molecule has 6 heteroatoms. The van der Waals surface area contributed by atoms with Crippen LogP contribution in [0.25, 0.3) is 0 Å². The third-order valence-electron chi connectivity index (χ3n) is 1.92. The molecule has 0 aliphatic carbocycles. The van der Waals surface area contributed by atoms with Crippen LogP contribution in [0.5, 0.6) is 0 Å². The Balaban J connectivity index is 2.63. The smallest absolute Gasteiger partial charge is 0.184 e. The summed E-state index contributed by atoms with van der Waals surface area (Å²) in [7, 11) is 0. The zero-order chi connectivity index (χ0) is 9.30. The SMILES string of the molecule is NCC1OC(O)C(O)[C@H](O)[C@@H]1O. The zero-order valence-corrected chi connectivity index (χ0v) is 6.37. The largest absolute Gasteiger partial charge is 0.388 e. The molecule has 0 saturated carbocycles. The van der Waals surface area contributed by atoms with Crippen molar-refractivity contribution in [1.82, 2.24) is 0 Å². The van der Waals surface area contributed by atoms with Crippen molar-refractivity contribution in [2.75, 3.05) is 6.54 Å². The van der Waals surface area contributed by atoms with Gasteiger partial charge in [0.2, 0.25) is 0 Å². The van der Waals surface area contributed by atoms with E-state index < -0.39 is 30.7 Å². The van der Waals surface area contributed by atoms with Gasteiger partial charge in [0.1, 0.15) is 24.4 Å². The molecule has 12 heavy (non-hydrogen) atoms. The van der Waals surface area contributed by atoms with Crippen molar-refractivity contribution in [3.8, 4) is 0 Å². The van der Waals surface area contributed by atoms with E-state index in [9.17, 15) is 5.11 Å². The van der Waals surface area contributed by atoms with E-state index in [1.807, 2.05) is 0 Å². The molecule has 1 heterocycles. The van der Waals surface area contributed by atoms with E-state index in [0.29, 0.717) is 0 Å².